The molecular formula is C8H11ClN2O. The van der Waals surface area contributed by atoms with Gasteiger partial charge >= 0.3 is 0 Å². The lowest BCUT2D eigenvalue weighted by atomic mass is 10.2. The van der Waals surface area contributed by atoms with Crippen molar-refractivity contribution in [1.82, 2.24) is 0 Å². The van der Waals surface area contributed by atoms with E-state index in [0.717, 1.165) is 19.3 Å². The number of unbranched alkanes of at least 4 members (excludes halogenated alkanes) is 1. The lowest BCUT2D eigenvalue weighted by Gasteiger charge is -1.99. The maximum atomic E-state index is 10.3. The molecule has 3 nitrogen and oxygen atoms in total. The summed E-state index contributed by atoms with van der Waals surface area (Å²) in [4.78, 5) is 18.4. The van der Waals surface area contributed by atoms with Gasteiger partial charge in [-0.1, -0.05) is 24.9 Å². The van der Waals surface area contributed by atoms with Crippen molar-refractivity contribution in [3.63, 3.8) is 0 Å². The van der Waals surface area contributed by atoms with E-state index in [-0.39, 0.29) is 17.0 Å². The Labute approximate surface area is 76.5 Å². The fourth-order valence-electron chi connectivity index (χ4n) is 1.03. The maximum Gasteiger partial charge on any atom is 0.171 e. The largest absolute Gasteiger partial charge is 0.296 e. The molecule has 4 heteroatoms. The molecule has 12 heavy (non-hydrogen) atoms. The molecule has 0 spiro atoms. The zero-order valence-corrected chi connectivity index (χ0v) is 7.71. The number of aldehydes is 1. The van der Waals surface area contributed by atoms with Crippen molar-refractivity contribution >= 4 is 28.8 Å². The van der Waals surface area contributed by atoms with E-state index in [9.17, 15) is 4.79 Å². The van der Waals surface area contributed by atoms with Crippen LogP contribution in [0.1, 0.15) is 26.2 Å². The van der Waals surface area contributed by atoms with E-state index in [0.29, 0.717) is 6.29 Å². The van der Waals surface area contributed by atoms with Crippen LogP contribution < -0.4 is 0 Å². The molecule has 0 fully saturated rings. The fourth-order valence-corrected chi connectivity index (χ4v) is 1.24. The van der Waals surface area contributed by atoms with Gasteiger partial charge in [0.1, 0.15) is 11.9 Å². The summed E-state index contributed by atoms with van der Waals surface area (Å²) in [6.07, 6.45) is 3.59. The highest BCUT2D eigenvalue weighted by Gasteiger charge is 2.17. The summed E-state index contributed by atoms with van der Waals surface area (Å²) in [6, 6.07) is 0. The summed E-state index contributed by atoms with van der Waals surface area (Å²) in [5.41, 5.74) is 0.290. The predicted octanol–water partition coefficient (Wildman–Crippen LogP) is 1.79. The summed E-state index contributed by atoms with van der Waals surface area (Å²) in [6.45, 7) is 2.10. The van der Waals surface area contributed by atoms with E-state index < -0.39 is 0 Å². The average Bonchev–Trinajstić information content (AvgIpc) is 2.43. The van der Waals surface area contributed by atoms with Crippen LogP contribution in [-0.2, 0) is 4.79 Å². The molecule has 0 aliphatic carbocycles. The normalized spacial score (nSPS) is 22.0. The highest BCUT2D eigenvalue weighted by Crippen LogP contribution is 2.13. The molecule has 0 radical (unpaired) electrons. The molecule has 1 aliphatic heterocycles. The van der Waals surface area contributed by atoms with Gasteiger partial charge < -0.3 is 0 Å². The average molecular weight is 187 g/mol. The highest BCUT2D eigenvalue weighted by atomic mass is 35.5. The molecule has 1 heterocycles. The third-order valence-corrected chi connectivity index (χ3v) is 1.98. The Hall–Kier alpha value is -0.700. The lowest BCUT2D eigenvalue weighted by molar-refractivity contribution is -0.102. The van der Waals surface area contributed by atoms with E-state index in [1.165, 1.54) is 0 Å². The number of carbonyl (C=O) groups excluding carboxylic acids is 1. The monoisotopic (exact) mass is 186 g/mol. The van der Waals surface area contributed by atoms with Crippen LogP contribution in [0.2, 0.25) is 0 Å². The first-order valence-electron chi connectivity index (χ1n) is 4.04. The van der Waals surface area contributed by atoms with Crippen LogP contribution in [-0.4, -0.2) is 23.3 Å². The van der Waals surface area contributed by atoms with E-state index in [4.69, 9.17) is 11.6 Å². The summed E-state index contributed by atoms with van der Waals surface area (Å²) < 4.78 is 0. The van der Waals surface area contributed by atoms with Crippen molar-refractivity contribution in [2.24, 2.45) is 9.98 Å². The first kappa shape index (κ1) is 9.39. The van der Waals surface area contributed by atoms with Gasteiger partial charge in [0, 0.05) is 0 Å². The molecule has 0 aromatic rings. The predicted molar refractivity (Wildman–Crippen MR) is 50.1 cm³/mol. The van der Waals surface area contributed by atoms with Crippen LogP contribution >= 0.6 is 11.6 Å². The van der Waals surface area contributed by atoms with Crippen LogP contribution in [0.15, 0.2) is 9.98 Å². The Kier molecular flexibility index (Phi) is 3.41. The fraction of sp³-hybridized carbons (Fsp3) is 0.625. The minimum Gasteiger partial charge on any atom is -0.296 e. The van der Waals surface area contributed by atoms with Gasteiger partial charge in [0.25, 0.3) is 0 Å². The summed E-state index contributed by atoms with van der Waals surface area (Å²) in [5.74, 6) is 0. The van der Waals surface area contributed by atoms with Gasteiger partial charge in [-0.15, -0.1) is 0 Å². The van der Waals surface area contributed by atoms with Gasteiger partial charge in [0.15, 0.2) is 11.5 Å². The Balaban J connectivity index is 2.51. The van der Waals surface area contributed by atoms with Crippen molar-refractivity contribution < 1.29 is 4.79 Å². The molecule has 0 unspecified atom stereocenters. The van der Waals surface area contributed by atoms with Crippen LogP contribution in [0.5, 0.6) is 0 Å². The van der Waals surface area contributed by atoms with Crippen LogP contribution in [0, 0.1) is 0 Å². The third kappa shape index (κ3) is 2.14. The van der Waals surface area contributed by atoms with Crippen molar-refractivity contribution in [2.45, 2.75) is 32.4 Å². The maximum absolute atomic E-state index is 10.3. The first-order valence-corrected chi connectivity index (χ1v) is 4.42. The Morgan fingerprint density at radius 2 is 2.33 bits per heavy atom. The zero-order valence-electron chi connectivity index (χ0n) is 6.96. The number of aliphatic imine (C=N–C) groups is 2. The number of hydrogen-bond acceptors (Lipinski definition) is 3. The van der Waals surface area contributed by atoms with Crippen LogP contribution in [0.4, 0.5) is 0 Å². The molecule has 0 aromatic carbocycles. The lowest BCUT2D eigenvalue weighted by Crippen LogP contribution is -2.04. The molecule has 1 aliphatic rings. The quantitative estimate of drug-likeness (QED) is 0.618. The molecule has 0 bridgehead atoms. The van der Waals surface area contributed by atoms with Gasteiger partial charge in [0.05, 0.1) is 0 Å². The minimum atomic E-state index is -0.113. The highest BCUT2D eigenvalue weighted by molar-refractivity contribution is 6.91. The molecule has 0 amide bonds. The second-order valence-corrected chi connectivity index (χ2v) is 3.03. The molecule has 0 N–H and O–H groups in total. The van der Waals surface area contributed by atoms with E-state index in [1.54, 1.807) is 0 Å². The molecule has 0 saturated heterocycles. The summed E-state index contributed by atoms with van der Waals surface area (Å²) >= 11 is 5.64. The van der Waals surface area contributed by atoms with Gasteiger partial charge in [-0.25, -0.2) is 4.99 Å². The summed E-state index contributed by atoms with van der Waals surface area (Å²) in [5, 5.41) is 0.256. The smallest absolute Gasteiger partial charge is 0.171 e. The van der Waals surface area contributed by atoms with Crippen molar-refractivity contribution in [3.05, 3.63) is 0 Å². The minimum absolute atomic E-state index is 0.113. The SMILES string of the molecule is CCCC[C@@H]1N=C(Cl)C(C=O)=N1. The Morgan fingerprint density at radius 1 is 1.58 bits per heavy atom. The van der Waals surface area contributed by atoms with Crippen molar-refractivity contribution in [2.75, 3.05) is 0 Å². The number of nitrogens with zero attached hydrogens (tertiary/aromatic N) is 2. The molecule has 1 rings (SSSR count). The standard InChI is InChI=1S/C8H11ClN2O/c1-2-3-4-7-10-6(5-12)8(9)11-7/h5,7H,2-4H2,1H3/t7-/m0/s1. The second-order valence-electron chi connectivity index (χ2n) is 2.67. The topological polar surface area (TPSA) is 41.8 Å². The molecule has 1 atom stereocenters. The molecule has 0 aromatic heterocycles. The second kappa shape index (κ2) is 4.36. The van der Waals surface area contributed by atoms with Crippen LogP contribution in [0.25, 0.3) is 0 Å². The number of carbonyl (C=O) groups is 1. The number of halogens is 1. The Morgan fingerprint density at radius 3 is 2.83 bits per heavy atom. The number of hydrogen-bond donors (Lipinski definition) is 0. The third-order valence-electron chi connectivity index (χ3n) is 1.69. The van der Waals surface area contributed by atoms with E-state index in [1.807, 2.05) is 0 Å². The first-order chi connectivity index (χ1) is 5.77. The van der Waals surface area contributed by atoms with E-state index >= 15 is 0 Å². The molecule has 66 valence electrons. The van der Waals surface area contributed by atoms with Crippen LogP contribution in [0.3, 0.4) is 0 Å². The summed E-state index contributed by atoms with van der Waals surface area (Å²) in [7, 11) is 0. The van der Waals surface area contributed by atoms with E-state index in [2.05, 4.69) is 16.9 Å². The van der Waals surface area contributed by atoms with Gasteiger partial charge in [-0.05, 0) is 12.8 Å². The van der Waals surface area contributed by atoms with Gasteiger partial charge in [-0.3, -0.25) is 9.79 Å². The van der Waals surface area contributed by atoms with Crippen molar-refractivity contribution in [3.8, 4) is 0 Å². The van der Waals surface area contributed by atoms with Gasteiger partial charge in [0.2, 0.25) is 0 Å². The molecular weight excluding hydrogens is 176 g/mol. The number of rotatable bonds is 4. The van der Waals surface area contributed by atoms with Gasteiger partial charge in [-0.2, -0.15) is 0 Å². The molecule has 0 saturated carbocycles. The zero-order chi connectivity index (χ0) is 8.97. The van der Waals surface area contributed by atoms with Crippen molar-refractivity contribution in [1.29, 1.82) is 0 Å². The Bertz CT molecular complexity index is 235.